The molecule has 5 nitrogen and oxygen atoms in total. The van der Waals surface area contributed by atoms with Crippen molar-refractivity contribution in [3.8, 4) is 0 Å². The number of nitrogens with zero attached hydrogens (tertiary/aromatic N) is 2. The van der Waals surface area contributed by atoms with Crippen molar-refractivity contribution in [1.29, 1.82) is 0 Å². The Labute approximate surface area is 120 Å². The molecule has 1 aliphatic rings. The normalized spacial score (nSPS) is 22.4. The molecule has 0 aromatic heterocycles. The third-order valence-electron chi connectivity index (χ3n) is 4.04. The molecular weight excluding hydrogens is 254 g/mol. The monoisotopic (exact) mass is 277 g/mol. The molecule has 1 aromatic carbocycles. The molecule has 5 heteroatoms. The molecule has 0 bridgehead atoms. The summed E-state index contributed by atoms with van der Waals surface area (Å²) in [5.41, 5.74) is 7.76. The van der Waals surface area contributed by atoms with Crippen molar-refractivity contribution in [2.45, 2.75) is 13.0 Å². The first-order chi connectivity index (χ1) is 9.43. The van der Waals surface area contributed by atoms with Gasteiger partial charge >= 0.3 is 5.97 Å². The summed E-state index contributed by atoms with van der Waals surface area (Å²) in [4.78, 5) is 16.3. The van der Waals surface area contributed by atoms with Crippen molar-refractivity contribution in [3.63, 3.8) is 0 Å². The summed E-state index contributed by atoms with van der Waals surface area (Å²) in [6.07, 6.45) is 0. The molecule has 2 rings (SSSR count). The minimum Gasteiger partial charge on any atom is -0.465 e. The second kappa shape index (κ2) is 5.71. The number of rotatable bonds is 3. The minimum absolute atomic E-state index is 0.388. The number of ether oxygens (including phenoxy) is 1. The first-order valence-corrected chi connectivity index (χ1v) is 6.83. The number of hydrogen-bond acceptors (Lipinski definition) is 5. The molecule has 1 fully saturated rings. The van der Waals surface area contributed by atoms with E-state index in [-0.39, 0.29) is 5.97 Å². The number of benzene rings is 1. The van der Waals surface area contributed by atoms with Crippen molar-refractivity contribution in [1.82, 2.24) is 4.90 Å². The molecule has 1 aromatic rings. The molecule has 0 amide bonds. The number of carbonyl (C=O) groups excluding carboxylic acids is 1. The number of nitrogen functional groups attached to an aromatic ring is 1. The van der Waals surface area contributed by atoms with Gasteiger partial charge in [0.05, 0.1) is 12.7 Å². The number of methoxy groups -OCH3 is 1. The molecule has 1 saturated heterocycles. The summed E-state index contributed by atoms with van der Waals surface area (Å²) in [5, 5.41) is 0. The van der Waals surface area contributed by atoms with E-state index >= 15 is 0 Å². The van der Waals surface area contributed by atoms with Gasteiger partial charge < -0.3 is 20.3 Å². The topological polar surface area (TPSA) is 58.8 Å². The van der Waals surface area contributed by atoms with E-state index in [1.54, 1.807) is 6.07 Å². The van der Waals surface area contributed by atoms with Gasteiger partial charge in [-0.2, -0.15) is 0 Å². The smallest absolute Gasteiger partial charge is 0.340 e. The average molecular weight is 277 g/mol. The van der Waals surface area contributed by atoms with E-state index in [9.17, 15) is 4.79 Å². The van der Waals surface area contributed by atoms with Gasteiger partial charge in [0.1, 0.15) is 0 Å². The van der Waals surface area contributed by atoms with E-state index in [0.29, 0.717) is 23.2 Å². The summed E-state index contributed by atoms with van der Waals surface area (Å²) in [5.74, 6) is 0.199. The Kier molecular flexibility index (Phi) is 4.18. The maximum Gasteiger partial charge on any atom is 0.340 e. The van der Waals surface area contributed by atoms with E-state index in [1.807, 2.05) is 12.1 Å². The van der Waals surface area contributed by atoms with Gasteiger partial charge in [-0.25, -0.2) is 4.79 Å². The predicted molar refractivity (Wildman–Crippen MR) is 81.0 cm³/mol. The summed E-state index contributed by atoms with van der Waals surface area (Å²) in [6.45, 7) is 4.19. The lowest BCUT2D eigenvalue weighted by molar-refractivity contribution is 0.0602. The Balaban J connectivity index is 2.24. The summed E-state index contributed by atoms with van der Waals surface area (Å²) >= 11 is 0. The van der Waals surface area contributed by atoms with Crippen LogP contribution in [-0.4, -0.2) is 51.2 Å². The molecular formula is C15H23N3O2. The molecule has 0 aliphatic carbocycles. The van der Waals surface area contributed by atoms with Crippen molar-refractivity contribution in [2.75, 3.05) is 44.9 Å². The summed E-state index contributed by atoms with van der Waals surface area (Å²) in [6, 6.07) is 6.09. The van der Waals surface area contributed by atoms with Gasteiger partial charge in [0, 0.05) is 30.5 Å². The number of anilines is 2. The highest BCUT2D eigenvalue weighted by atomic mass is 16.5. The zero-order valence-corrected chi connectivity index (χ0v) is 12.6. The Morgan fingerprint density at radius 3 is 2.65 bits per heavy atom. The van der Waals surface area contributed by atoms with Crippen LogP contribution in [0.1, 0.15) is 17.3 Å². The first-order valence-electron chi connectivity index (χ1n) is 6.83. The lowest BCUT2D eigenvalue weighted by atomic mass is 10.1. The Hall–Kier alpha value is -1.75. The Morgan fingerprint density at radius 2 is 2.10 bits per heavy atom. The van der Waals surface area contributed by atoms with Gasteiger partial charge in [-0.3, -0.25) is 0 Å². The van der Waals surface area contributed by atoms with Crippen molar-refractivity contribution in [3.05, 3.63) is 23.8 Å². The number of likely N-dealkylation sites (N-methyl/N-ethyl adjacent to an activating group) is 1. The molecule has 0 spiro atoms. The van der Waals surface area contributed by atoms with E-state index in [4.69, 9.17) is 10.5 Å². The molecule has 1 aliphatic heterocycles. The minimum atomic E-state index is -0.388. The SMILES string of the molecule is COC(=O)c1cc(N2CC(C)C(N(C)C)C2)ccc1N. The first kappa shape index (κ1) is 14.7. The number of esters is 1. The fourth-order valence-corrected chi connectivity index (χ4v) is 2.86. The van der Waals surface area contributed by atoms with Crippen LogP contribution < -0.4 is 10.6 Å². The standard InChI is InChI=1S/C15H23N3O2/c1-10-8-18(9-14(10)17(2)3)11-5-6-13(16)12(7-11)15(19)20-4/h5-7,10,14H,8-9,16H2,1-4H3. The van der Waals surface area contributed by atoms with Crippen molar-refractivity contribution in [2.24, 2.45) is 5.92 Å². The van der Waals surface area contributed by atoms with Crippen LogP contribution in [0.15, 0.2) is 18.2 Å². The van der Waals surface area contributed by atoms with E-state index in [2.05, 4.69) is 30.8 Å². The maximum atomic E-state index is 11.7. The van der Waals surface area contributed by atoms with Crippen LogP contribution in [0.3, 0.4) is 0 Å². The molecule has 1 heterocycles. The summed E-state index contributed by atoms with van der Waals surface area (Å²) < 4.78 is 4.77. The van der Waals surface area contributed by atoms with E-state index in [1.165, 1.54) is 7.11 Å². The number of carbonyl (C=O) groups is 1. The molecule has 0 radical (unpaired) electrons. The summed E-state index contributed by atoms with van der Waals surface area (Å²) in [7, 11) is 5.58. The average Bonchev–Trinajstić information content (AvgIpc) is 2.80. The fraction of sp³-hybridized carbons (Fsp3) is 0.533. The second-order valence-corrected chi connectivity index (χ2v) is 5.68. The molecule has 2 unspecified atom stereocenters. The third kappa shape index (κ3) is 2.72. The molecule has 110 valence electrons. The van der Waals surface area contributed by atoms with Crippen LogP contribution in [0, 0.1) is 5.92 Å². The number of nitrogens with two attached hydrogens (primary N) is 1. The molecule has 20 heavy (non-hydrogen) atoms. The zero-order chi connectivity index (χ0) is 14.9. The van der Waals surface area contributed by atoms with Crippen LogP contribution in [0.5, 0.6) is 0 Å². The largest absolute Gasteiger partial charge is 0.465 e. The van der Waals surface area contributed by atoms with Crippen LogP contribution in [-0.2, 0) is 4.74 Å². The van der Waals surface area contributed by atoms with Crippen molar-refractivity contribution >= 4 is 17.3 Å². The highest BCUT2D eigenvalue weighted by Gasteiger charge is 2.31. The molecule has 2 N–H and O–H groups in total. The second-order valence-electron chi connectivity index (χ2n) is 5.68. The van der Waals surface area contributed by atoms with Gasteiger partial charge in [-0.05, 0) is 38.2 Å². The Morgan fingerprint density at radius 1 is 1.40 bits per heavy atom. The van der Waals surface area contributed by atoms with E-state index in [0.717, 1.165) is 18.8 Å². The van der Waals surface area contributed by atoms with Crippen molar-refractivity contribution < 1.29 is 9.53 Å². The van der Waals surface area contributed by atoms with Crippen LogP contribution >= 0.6 is 0 Å². The van der Waals surface area contributed by atoms with Gasteiger partial charge in [0.15, 0.2) is 0 Å². The fourth-order valence-electron chi connectivity index (χ4n) is 2.86. The zero-order valence-electron chi connectivity index (χ0n) is 12.6. The van der Waals surface area contributed by atoms with Gasteiger partial charge in [-0.1, -0.05) is 6.92 Å². The maximum absolute atomic E-state index is 11.7. The van der Waals surface area contributed by atoms with Crippen LogP contribution in [0.25, 0.3) is 0 Å². The van der Waals surface area contributed by atoms with Gasteiger partial charge in [-0.15, -0.1) is 0 Å². The Bertz CT molecular complexity index is 502. The highest BCUT2D eigenvalue weighted by Crippen LogP contribution is 2.28. The number of hydrogen-bond donors (Lipinski definition) is 1. The van der Waals surface area contributed by atoms with E-state index < -0.39 is 0 Å². The lowest BCUT2D eigenvalue weighted by Gasteiger charge is -2.23. The van der Waals surface area contributed by atoms with Crippen LogP contribution in [0.2, 0.25) is 0 Å². The quantitative estimate of drug-likeness (QED) is 0.669. The van der Waals surface area contributed by atoms with Gasteiger partial charge in [0.2, 0.25) is 0 Å². The van der Waals surface area contributed by atoms with Gasteiger partial charge in [0.25, 0.3) is 0 Å². The van der Waals surface area contributed by atoms with Crippen LogP contribution in [0.4, 0.5) is 11.4 Å². The molecule has 2 atom stereocenters. The molecule has 0 saturated carbocycles. The highest BCUT2D eigenvalue weighted by molar-refractivity contribution is 5.96. The third-order valence-corrected chi connectivity index (χ3v) is 4.04. The predicted octanol–water partition coefficient (Wildman–Crippen LogP) is 1.44. The lowest BCUT2D eigenvalue weighted by Crippen LogP contribution is -2.34.